The van der Waals surface area contributed by atoms with Crippen molar-refractivity contribution in [2.24, 2.45) is 0 Å². The van der Waals surface area contributed by atoms with Gasteiger partial charge in [0.2, 0.25) is 0 Å². The summed E-state index contributed by atoms with van der Waals surface area (Å²) in [7, 11) is 0. The molecule has 0 N–H and O–H groups in total. The zero-order valence-corrected chi connectivity index (χ0v) is 11.3. The van der Waals surface area contributed by atoms with E-state index in [0.717, 1.165) is 5.92 Å². The summed E-state index contributed by atoms with van der Waals surface area (Å²) < 4.78 is 3.35. The van der Waals surface area contributed by atoms with Gasteiger partial charge < -0.3 is 0 Å². The van der Waals surface area contributed by atoms with Crippen molar-refractivity contribution in [3.05, 3.63) is 20.5 Å². The summed E-state index contributed by atoms with van der Waals surface area (Å²) in [6, 6.07) is 2.41. The van der Waals surface area contributed by atoms with Gasteiger partial charge in [-0.15, -0.1) is 0 Å². The van der Waals surface area contributed by atoms with E-state index in [9.17, 15) is 0 Å². The van der Waals surface area contributed by atoms with Gasteiger partial charge in [-0.3, -0.25) is 0 Å². The molecule has 0 radical (unpaired) electrons. The van der Waals surface area contributed by atoms with Crippen molar-refractivity contribution in [3.63, 3.8) is 0 Å². The van der Waals surface area contributed by atoms with Crippen LogP contribution in [0.3, 0.4) is 0 Å². The molecule has 1 aromatic rings. The van der Waals surface area contributed by atoms with Gasteiger partial charge in [0.05, 0.1) is 0 Å². The third kappa shape index (κ3) is 2.48. The quantitative estimate of drug-likeness (QED) is 0.662. The number of aryl methyl sites for hydroxylation is 1. The molecule has 13 heavy (non-hydrogen) atoms. The molecule has 74 valence electrons. The van der Waals surface area contributed by atoms with Gasteiger partial charge in [-0.2, -0.15) is 0 Å². The van der Waals surface area contributed by atoms with E-state index in [1.165, 1.54) is 5.56 Å². The minimum atomic E-state index is 0.372. The van der Waals surface area contributed by atoms with E-state index in [2.05, 4.69) is 47.6 Å². The van der Waals surface area contributed by atoms with Gasteiger partial charge in [0.25, 0.3) is 0 Å². The minimum absolute atomic E-state index is 0.372. The Morgan fingerprint density at radius 3 is 2.00 bits per heavy atom. The van der Waals surface area contributed by atoms with Crippen LogP contribution in [0.5, 0.6) is 0 Å². The zero-order chi connectivity index (χ0) is 10.2. The summed E-state index contributed by atoms with van der Waals surface area (Å²) in [5.41, 5.74) is 1.90. The maximum absolute atomic E-state index is 2.41. The molecule has 0 aliphatic carbocycles. The van der Waals surface area contributed by atoms with Crippen LogP contribution in [0, 0.1) is 6.92 Å². The van der Waals surface area contributed by atoms with Crippen LogP contribution in [0.2, 0.25) is 0 Å². The molecular formula is C12H20Se. The SMILES string of the molecule is Cc1cc(C(C)C)[se]c1C(C)(C)C. The van der Waals surface area contributed by atoms with Crippen LogP contribution in [0.25, 0.3) is 0 Å². The third-order valence-corrected chi connectivity index (χ3v) is 6.31. The normalized spacial score (nSPS) is 12.5. The van der Waals surface area contributed by atoms with Crippen LogP contribution in [-0.4, -0.2) is 14.5 Å². The summed E-state index contributed by atoms with van der Waals surface area (Å²) >= 11 is 0.622. The maximum atomic E-state index is 2.41. The Bertz CT molecular complexity index is 287. The second-order valence-electron chi connectivity index (χ2n) is 5.07. The standard InChI is InChI=1S/C12H20Se/c1-8(2)10-7-9(3)11(13-10)12(4,5)6/h7-8H,1-6H3. The predicted octanol–water partition coefficient (Wildman–Crippen LogP) is 3.47. The van der Waals surface area contributed by atoms with E-state index >= 15 is 0 Å². The Hall–Kier alpha value is -0.000519. The molecule has 0 nitrogen and oxygen atoms in total. The Balaban J connectivity index is 3.11. The first-order chi connectivity index (χ1) is 5.82. The van der Waals surface area contributed by atoms with Crippen LogP contribution in [0.15, 0.2) is 6.07 Å². The molecule has 0 aliphatic rings. The van der Waals surface area contributed by atoms with Crippen molar-refractivity contribution in [1.29, 1.82) is 0 Å². The van der Waals surface area contributed by atoms with Crippen molar-refractivity contribution in [3.8, 4) is 0 Å². The van der Waals surface area contributed by atoms with Crippen molar-refractivity contribution < 1.29 is 0 Å². The Kier molecular flexibility index (Phi) is 3.09. The van der Waals surface area contributed by atoms with Gasteiger partial charge in [-0.1, -0.05) is 0 Å². The van der Waals surface area contributed by atoms with Crippen LogP contribution in [0.4, 0.5) is 0 Å². The molecule has 1 aromatic heterocycles. The predicted molar refractivity (Wildman–Crippen MR) is 60.9 cm³/mol. The Morgan fingerprint density at radius 1 is 1.23 bits per heavy atom. The van der Waals surface area contributed by atoms with Gasteiger partial charge in [0, 0.05) is 0 Å². The molecule has 0 amide bonds. The molecule has 0 fully saturated rings. The van der Waals surface area contributed by atoms with Gasteiger partial charge in [-0.25, -0.2) is 0 Å². The number of hydrogen-bond acceptors (Lipinski definition) is 0. The van der Waals surface area contributed by atoms with Gasteiger partial charge in [0.1, 0.15) is 0 Å². The second-order valence-corrected chi connectivity index (χ2v) is 7.34. The Morgan fingerprint density at radius 2 is 1.77 bits per heavy atom. The molecule has 0 unspecified atom stereocenters. The van der Waals surface area contributed by atoms with Gasteiger partial charge in [-0.05, 0) is 0 Å². The molecule has 0 atom stereocenters. The fourth-order valence-corrected chi connectivity index (χ4v) is 4.12. The molecule has 0 saturated heterocycles. The average Bonchev–Trinajstić information content (AvgIpc) is 2.29. The fourth-order valence-electron chi connectivity index (χ4n) is 1.54. The molecule has 1 heteroatoms. The van der Waals surface area contributed by atoms with E-state index in [1.807, 2.05) is 0 Å². The molecule has 1 heterocycles. The van der Waals surface area contributed by atoms with Crippen molar-refractivity contribution in [1.82, 2.24) is 0 Å². The first kappa shape index (κ1) is 11.1. The van der Waals surface area contributed by atoms with Crippen molar-refractivity contribution in [2.45, 2.75) is 52.9 Å². The molecule has 0 aromatic carbocycles. The molecule has 0 spiro atoms. The molecular weight excluding hydrogens is 223 g/mol. The van der Waals surface area contributed by atoms with Crippen LogP contribution < -0.4 is 0 Å². The summed E-state index contributed by atoms with van der Waals surface area (Å²) in [6.07, 6.45) is 0. The molecule has 1 rings (SSSR count). The summed E-state index contributed by atoms with van der Waals surface area (Å²) in [5, 5.41) is 0. The number of rotatable bonds is 1. The first-order valence-electron chi connectivity index (χ1n) is 4.93. The van der Waals surface area contributed by atoms with Crippen LogP contribution in [0.1, 0.15) is 55.0 Å². The first-order valence-corrected chi connectivity index (χ1v) is 6.64. The fraction of sp³-hybridized carbons (Fsp3) is 0.667. The van der Waals surface area contributed by atoms with Crippen molar-refractivity contribution >= 4 is 14.5 Å². The average molecular weight is 243 g/mol. The van der Waals surface area contributed by atoms with E-state index in [-0.39, 0.29) is 0 Å². The second kappa shape index (κ2) is 3.63. The van der Waals surface area contributed by atoms with E-state index in [1.54, 1.807) is 8.87 Å². The monoisotopic (exact) mass is 244 g/mol. The zero-order valence-electron chi connectivity index (χ0n) is 9.56. The van der Waals surface area contributed by atoms with Crippen LogP contribution >= 0.6 is 0 Å². The number of hydrogen-bond donors (Lipinski definition) is 0. The molecule has 0 aliphatic heterocycles. The van der Waals surface area contributed by atoms with E-state index < -0.39 is 0 Å². The van der Waals surface area contributed by atoms with Gasteiger partial charge >= 0.3 is 87.9 Å². The van der Waals surface area contributed by atoms with Crippen LogP contribution in [-0.2, 0) is 5.41 Å². The molecule has 0 bridgehead atoms. The van der Waals surface area contributed by atoms with E-state index in [4.69, 9.17) is 0 Å². The topological polar surface area (TPSA) is 0 Å². The Labute approximate surface area is 88.1 Å². The van der Waals surface area contributed by atoms with E-state index in [0.29, 0.717) is 19.9 Å². The third-order valence-electron chi connectivity index (χ3n) is 2.19. The molecule has 0 saturated carbocycles. The van der Waals surface area contributed by atoms with Crippen molar-refractivity contribution in [2.75, 3.05) is 0 Å². The summed E-state index contributed by atoms with van der Waals surface area (Å²) in [4.78, 5) is 0. The van der Waals surface area contributed by atoms with Gasteiger partial charge in [0.15, 0.2) is 0 Å². The summed E-state index contributed by atoms with van der Waals surface area (Å²) in [6.45, 7) is 13.8. The summed E-state index contributed by atoms with van der Waals surface area (Å²) in [5.74, 6) is 0.731.